The summed E-state index contributed by atoms with van der Waals surface area (Å²) in [7, 11) is 0. The van der Waals surface area contributed by atoms with Gasteiger partial charge in [0.05, 0.1) is 25.9 Å². The van der Waals surface area contributed by atoms with Gasteiger partial charge in [-0.3, -0.25) is 4.79 Å². The molecule has 0 bridgehead atoms. The summed E-state index contributed by atoms with van der Waals surface area (Å²) in [5.41, 5.74) is 2.96. The van der Waals surface area contributed by atoms with E-state index in [9.17, 15) is 15.3 Å². The van der Waals surface area contributed by atoms with Crippen molar-refractivity contribution in [1.82, 2.24) is 5.32 Å². The Kier molecular flexibility index (Phi) is 13.9. The molecule has 8 nitrogen and oxygen atoms in total. The second-order valence-corrected chi connectivity index (χ2v) is 9.09. The fourth-order valence-electron chi connectivity index (χ4n) is 3.34. The molecule has 0 saturated heterocycles. The quantitative estimate of drug-likeness (QED) is 0.188. The zero-order valence-corrected chi connectivity index (χ0v) is 22.6. The summed E-state index contributed by atoms with van der Waals surface area (Å²) in [5, 5.41) is 41.0. The van der Waals surface area contributed by atoms with Gasteiger partial charge in [-0.15, -0.1) is 0 Å². The third-order valence-electron chi connectivity index (χ3n) is 5.31. The van der Waals surface area contributed by atoms with Crippen molar-refractivity contribution in [2.45, 2.75) is 32.7 Å². The third kappa shape index (κ3) is 11.3. The molecule has 0 aliphatic rings. The molecule has 0 heterocycles. The zero-order valence-electron chi connectivity index (χ0n) is 21.1. The van der Waals surface area contributed by atoms with E-state index in [1.54, 1.807) is 30.3 Å². The average molecular weight is 566 g/mol. The number of halogens is 2. The Bertz CT molecular complexity index is 1120. The lowest BCUT2D eigenvalue weighted by atomic mass is 10.1. The molecular weight excluding hydrogens is 533 g/mol. The summed E-state index contributed by atoms with van der Waals surface area (Å²) < 4.78 is 11.3. The normalized spacial score (nSPS) is 11.4. The van der Waals surface area contributed by atoms with Crippen LogP contribution in [-0.4, -0.2) is 52.7 Å². The molecule has 0 aliphatic carbocycles. The standard InChI is InChI=1S/C26H29Cl2NO5.C2H4O2/c27-23-2-1-3-24(28)22(23)17-33-12-13-34-21-7-4-18(5-8-21)10-11-29-15-26(32)19-6-9-25(31)20(14-19)16-30;1-2(3)4/h1-9,14,26,29-32H,10-13,15-17H2;1H3,(H,3,4)/t26-;/m0./s1. The SMILES string of the molecule is CC(=O)O.OCc1cc([C@@H](O)CNCCc2ccc(OCCOCc3c(Cl)cccc3Cl)cc2)ccc1O. The van der Waals surface area contributed by atoms with Crippen molar-refractivity contribution in [1.29, 1.82) is 0 Å². The van der Waals surface area contributed by atoms with Gasteiger partial charge in [-0.1, -0.05) is 47.5 Å². The molecule has 3 rings (SSSR count). The van der Waals surface area contributed by atoms with Gasteiger partial charge in [0, 0.05) is 34.6 Å². The zero-order chi connectivity index (χ0) is 27.9. The van der Waals surface area contributed by atoms with E-state index < -0.39 is 12.1 Å². The maximum absolute atomic E-state index is 10.3. The molecule has 0 fully saturated rings. The van der Waals surface area contributed by atoms with Crippen LogP contribution in [0.15, 0.2) is 60.7 Å². The van der Waals surface area contributed by atoms with Crippen LogP contribution in [0, 0.1) is 0 Å². The lowest BCUT2D eigenvalue weighted by molar-refractivity contribution is -0.134. The Morgan fingerprint density at radius 3 is 2.32 bits per heavy atom. The number of ether oxygens (including phenoxy) is 2. The largest absolute Gasteiger partial charge is 0.508 e. The van der Waals surface area contributed by atoms with Gasteiger partial charge in [-0.2, -0.15) is 0 Å². The number of hydrogen-bond donors (Lipinski definition) is 5. The van der Waals surface area contributed by atoms with Crippen LogP contribution >= 0.6 is 23.2 Å². The minimum atomic E-state index is -0.833. The number of nitrogens with one attached hydrogen (secondary N) is 1. The summed E-state index contributed by atoms with van der Waals surface area (Å²) in [4.78, 5) is 9.00. The van der Waals surface area contributed by atoms with E-state index in [1.165, 1.54) is 6.07 Å². The Labute approximate surface area is 232 Å². The Morgan fingerprint density at radius 1 is 1.03 bits per heavy atom. The molecule has 3 aromatic rings. The molecule has 0 saturated carbocycles. The lowest BCUT2D eigenvalue weighted by Gasteiger charge is -2.14. The predicted molar refractivity (Wildman–Crippen MR) is 147 cm³/mol. The van der Waals surface area contributed by atoms with Crippen molar-refractivity contribution in [3.05, 3.63) is 93.0 Å². The van der Waals surface area contributed by atoms with Crippen molar-refractivity contribution < 1.29 is 34.7 Å². The molecule has 0 aliphatic heterocycles. The number of aliphatic carboxylic acids is 1. The maximum atomic E-state index is 10.3. The molecule has 0 radical (unpaired) electrons. The molecule has 206 valence electrons. The highest BCUT2D eigenvalue weighted by Gasteiger charge is 2.10. The summed E-state index contributed by atoms with van der Waals surface area (Å²) in [6.07, 6.45) is 0.0736. The molecule has 1 atom stereocenters. The third-order valence-corrected chi connectivity index (χ3v) is 6.02. The number of carboxylic acid groups (broad SMARTS) is 1. The number of phenols is 1. The number of hydrogen-bond acceptors (Lipinski definition) is 7. The minimum absolute atomic E-state index is 0.0216. The predicted octanol–water partition coefficient (Wildman–Crippen LogP) is 4.74. The second kappa shape index (κ2) is 16.9. The Balaban J connectivity index is 0.00000118. The van der Waals surface area contributed by atoms with E-state index in [1.807, 2.05) is 24.3 Å². The first-order valence-electron chi connectivity index (χ1n) is 11.9. The van der Waals surface area contributed by atoms with Gasteiger partial charge >= 0.3 is 0 Å². The number of aromatic hydroxyl groups is 1. The van der Waals surface area contributed by atoms with Gasteiger partial charge in [0.2, 0.25) is 0 Å². The molecule has 0 spiro atoms. The first-order valence-corrected chi connectivity index (χ1v) is 12.7. The summed E-state index contributed by atoms with van der Waals surface area (Å²) in [6.45, 7) is 3.03. The Morgan fingerprint density at radius 2 is 1.68 bits per heavy atom. The van der Waals surface area contributed by atoms with Crippen molar-refractivity contribution in [2.24, 2.45) is 0 Å². The number of aliphatic hydroxyl groups is 2. The maximum Gasteiger partial charge on any atom is 0.300 e. The molecule has 10 heteroatoms. The van der Waals surface area contributed by atoms with Gasteiger partial charge in [0.25, 0.3) is 5.97 Å². The van der Waals surface area contributed by atoms with E-state index in [-0.39, 0.29) is 12.4 Å². The van der Waals surface area contributed by atoms with Gasteiger partial charge in [-0.05, 0) is 60.5 Å². The molecule has 0 unspecified atom stereocenters. The van der Waals surface area contributed by atoms with Gasteiger partial charge in [0.15, 0.2) is 0 Å². The van der Waals surface area contributed by atoms with Crippen LogP contribution in [0.25, 0.3) is 0 Å². The highest BCUT2D eigenvalue weighted by atomic mass is 35.5. The van der Waals surface area contributed by atoms with E-state index in [0.717, 1.165) is 30.2 Å². The van der Waals surface area contributed by atoms with E-state index in [0.29, 0.717) is 54.1 Å². The first kappa shape index (κ1) is 31.4. The van der Waals surface area contributed by atoms with Crippen LogP contribution in [-0.2, 0) is 29.2 Å². The highest BCUT2D eigenvalue weighted by Crippen LogP contribution is 2.25. The molecule has 0 amide bonds. The van der Waals surface area contributed by atoms with Crippen LogP contribution in [0.5, 0.6) is 11.5 Å². The van der Waals surface area contributed by atoms with Gasteiger partial charge in [0.1, 0.15) is 18.1 Å². The highest BCUT2D eigenvalue weighted by molar-refractivity contribution is 6.35. The molecule has 3 aromatic carbocycles. The number of rotatable bonds is 13. The minimum Gasteiger partial charge on any atom is -0.508 e. The summed E-state index contributed by atoms with van der Waals surface area (Å²) in [5.74, 6) is -0.0492. The van der Waals surface area contributed by atoms with E-state index in [2.05, 4.69) is 5.32 Å². The molecule has 5 N–H and O–H groups in total. The smallest absolute Gasteiger partial charge is 0.300 e. The summed E-state index contributed by atoms with van der Waals surface area (Å²) >= 11 is 12.3. The fourth-order valence-corrected chi connectivity index (χ4v) is 3.85. The monoisotopic (exact) mass is 565 g/mol. The number of carbonyl (C=O) groups is 1. The van der Waals surface area contributed by atoms with Crippen LogP contribution in [0.1, 0.15) is 35.3 Å². The van der Waals surface area contributed by atoms with E-state index in [4.69, 9.17) is 42.6 Å². The first-order chi connectivity index (χ1) is 18.2. The summed E-state index contributed by atoms with van der Waals surface area (Å²) in [6, 6.07) is 18.0. The topological polar surface area (TPSA) is 128 Å². The molecule has 38 heavy (non-hydrogen) atoms. The van der Waals surface area contributed by atoms with Gasteiger partial charge < -0.3 is 35.2 Å². The second-order valence-electron chi connectivity index (χ2n) is 8.28. The van der Waals surface area contributed by atoms with Crippen LogP contribution in [0.2, 0.25) is 10.0 Å². The van der Waals surface area contributed by atoms with Gasteiger partial charge in [-0.25, -0.2) is 0 Å². The van der Waals surface area contributed by atoms with Crippen LogP contribution in [0.3, 0.4) is 0 Å². The number of carboxylic acids is 1. The molecule has 0 aromatic heterocycles. The van der Waals surface area contributed by atoms with E-state index >= 15 is 0 Å². The fraction of sp³-hybridized carbons (Fsp3) is 0.321. The number of benzene rings is 3. The van der Waals surface area contributed by atoms with Crippen molar-refractivity contribution >= 4 is 29.2 Å². The average Bonchev–Trinajstić information content (AvgIpc) is 2.88. The van der Waals surface area contributed by atoms with Crippen molar-refractivity contribution in [3.8, 4) is 11.5 Å². The van der Waals surface area contributed by atoms with Crippen LogP contribution < -0.4 is 10.1 Å². The van der Waals surface area contributed by atoms with Crippen molar-refractivity contribution in [3.63, 3.8) is 0 Å². The Hall–Kier alpha value is -2.85. The molecular formula is C28H33Cl2NO7. The van der Waals surface area contributed by atoms with Crippen LogP contribution in [0.4, 0.5) is 0 Å². The van der Waals surface area contributed by atoms with Crippen molar-refractivity contribution in [2.75, 3.05) is 26.3 Å². The number of aliphatic hydroxyl groups excluding tert-OH is 2. The lowest BCUT2D eigenvalue weighted by Crippen LogP contribution is -2.23.